The van der Waals surface area contributed by atoms with Crippen molar-refractivity contribution in [2.45, 2.75) is 64.3 Å². The topological polar surface area (TPSA) is 51.5 Å². The molecule has 0 atom stereocenters. The first kappa shape index (κ1) is 15.8. The van der Waals surface area contributed by atoms with Crippen molar-refractivity contribution >= 4 is 0 Å². The number of nitriles is 1. The number of hydrogen-bond donors (Lipinski definition) is 0. The predicted octanol–water partition coefficient (Wildman–Crippen LogP) is 3.26. The van der Waals surface area contributed by atoms with Crippen molar-refractivity contribution in [2.75, 3.05) is 19.8 Å². The zero-order valence-electron chi connectivity index (χ0n) is 12.6. The van der Waals surface area contributed by atoms with Crippen LogP contribution < -0.4 is 0 Å². The van der Waals surface area contributed by atoms with E-state index >= 15 is 0 Å². The standard InChI is InChI=1S/C16H27NO3/c1-2-3-4-9-18-15-11-19-16(20-12-15)14-7-5-13(10-17)6-8-14/h13-16H,2-9,11-12H2,1H3/t13-,14-,15-,16-. The second-order valence-electron chi connectivity index (χ2n) is 5.98. The average Bonchev–Trinajstić information content (AvgIpc) is 2.52. The Kier molecular flexibility index (Phi) is 6.78. The Morgan fingerprint density at radius 2 is 1.80 bits per heavy atom. The highest BCUT2D eigenvalue weighted by Gasteiger charge is 2.32. The van der Waals surface area contributed by atoms with Gasteiger partial charge in [0.25, 0.3) is 0 Å². The zero-order chi connectivity index (χ0) is 14.2. The maximum absolute atomic E-state index is 8.91. The van der Waals surface area contributed by atoms with Crippen molar-refractivity contribution in [3.63, 3.8) is 0 Å². The summed E-state index contributed by atoms with van der Waals surface area (Å²) in [5.41, 5.74) is 0. The Morgan fingerprint density at radius 1 is 1.10 bits per heavy atom. The molecular formula is C16H27NO3. The molecule has 0 aromatic carbocycles. The summed E-state index contributed by atoms with van der Waals surface area (Å²) >= 11 is 0. The van der Waals surface area contributed by atoms with Crippen LogP contribution in [0.1, 0.15) is 51.9 Å². The van der Waals surface area contributed by atoms with Gasteiger partial charge < -0.3 is 14.2 Å². The monoisotopic (exact) mass is 281 g/mol. The number of ether oxygens (including phenoxy) is 3. The van der Waals surface area contributed by atoms with E-state index in [1.54, 1.807) is 0 Å². The highest BCUT2D eigenvalue weighted by atomic mass is 16.7. The Morgan fingerprint density at radius 3 is 2.40 bits per heavy atom. The summed E-state index contributed by atoms with van der Waals surface area (Å²) in [7, 11) is 0. The molecule has 2 rings (SSSR count). The van der Waals surface area contributed by atoms with E-state index < -0.39 is 0 Å². The van der Waals surface area contributed by atoms with E-state index in [0.29, 0.717) is 19.1 Å². The first-order valence-corrected chi connectivity index (χ1v) is 8.08. The summed E-state index contributed by atoms with van der Waals surface area (Å²) in [6, 6.07) is 2.37. The van der Waals surface area contributed by atoms with Crippen LogP contribution in [0.15, 0.2) is 0 Å². The van der Waals surface area contributed by atoms with Gasteiger partial charge >= 0.3 is 0 Å². The van der Waals surface area contributed by atoms with E-state index in [2.05, 4.69) is 13.0 Å². The van der Waals surface area contributed by atoms with Crippen LogP contribution in [-0.2, 0) is 14.2 Å². The fourth-order valence-corrected chi connectivity index (χ4v) is 2.99. The molecule has 1 aliphatic carbocycles. The normalized spacial score (nSPS) is 34.6. The van der Waals surface area contributed by atoms with E-state index in [-0.39, 0.29) is 18.3 Å². The van der Waals surface area contributed by atoms with Crippen molar-refractivity contribution in [3.8, 4) is 6.07 Å². The highest BCUT2D eigenvalue weighted by molar-refractivity contribution is 4.88. The molecule has 4 heteroatoms. The van der Waals surface area contributed by atoms with E-state index in [1.165, 1.54) is 12.8 Å². The lowest BCUT2D eigenvalue weighted by Crippen LogP contribution is -2.42. The van der Waals surface area contributed by atoms with Gasteiger partial charge in [-0.1, -0.05) is 19.8 Å². The summed E-state index contributed by atoms with van der Waals surface area (Å²) < 4.78 is 17.4. The molecule has 1 aliphatic heterocycles. The van der Waals surface area contributed by atoms with E-state index in [4.69, 9.17) is 19.5 Å². The fraction of sp³-hybridized carbons (Fsp3) is 0.938. The van der Waals surface area contributed by atoms with E-state index in [1.807, 2.05) is 0 Å². The Labute approximate surface area is 122 Å². The number of rotatable bonds is 6. The molecule has 0 radical (unpaired) electrons. The predicted molar refractivity (Wildman–Crippen MR) is 76.0 cm³/mol. The minimum absolute atomic E-state index is 0.0786. The van der Waals surface area contributed by atoms with Crippen LogP contribution in [0, 0.1) is 23.2 Å². The molecule has 2 fully saturated rings. The highest BCUT2D eigenvalue weighted by Crippen LogP contribution is 2.33. The van der Waals surface area contributed by atoms with Crippen LogP contribution in [0.2, 0.25) is 0 Å². The molecule has 0 spiro atoms. The van der Waals surface area contributed by atoms with Crippen LogP contribution in [-0.4, -0.2) is 32.2 Å². The molecule has 0 unspecified atom stereocenters. The van der Waals surface area contributed by atoms with Gasteiger partial charge in [-0.2, -0.15) is 5.26 Å². The van der Waals surface area contributed by atoms with E-state index in [9.17, 15) is 0 Å². The maximum Gasteiger partial charge on any atom is 0.160 e. The van der Waals surface area contributed by atoms with Crippen molar-refractivity contribution in [3.05, 3.63) is 0 Å². The summed E-state index contributed by atoms with van der Waals surface area (Å²) in [6.07, 6.45) is 7.64. The smallest absolute Gasteiger partial charge is 0.160 e. The SMILES string of the molecule is CCCCCO[C@H]1CO[C@H]([C@H]2CC[C@H](C#N)CC2)OC1. The zero-order valence-corrected chi connectivity index (χ0v) is 12.6. The molecule has 4 nitrogen and oxygen atoms in total. The van der Waals surface area contributed by atoms with Crippen molar-refractivity contribution in [1.82, 2.24) is 0 Å². The molecule has 2 aliphatic rings. The van der Waals surface area contributed by atoms with E-state index in [0.717, 1.165) is 38.7 Å². The Balaban J connectivity index is 1.61. The van der Waals surface area contributed by atoms with Crippen molar-refractivity contribution < 1.29 is 14.2 Å². The maximum atomic E-state index is 8.91. The van der Waals surface area contributed by atoms with Crippen LogP contribution in [0.4, 0.5) is 0 Å². The van der Waals surface area contributed by atoms with Crippen molar-refractivity contribution in [1.29, 1.82) is 5.26 Å². The summed E-state index contributed by atoms with van der Waals surface area (Å²) in [4.78, 5) is 0. The minimum atomic E-state index is -0.0786. The van der Waals surface area contributed by atoms with Crippen LogP contribution in [0.5, 0.6) is 0 Å². The van der Waals surface area contributed by atoms with Gasteiger partial charge in [0.05, 0.1) is 19.3 Å². The molecule has 1 saturated carbocycles. The van der Waals surface area contributed by atoms with Gasteiger partial charge in [-0.05, 0) is 32.1 Å². The number of hydrogen-bond acceptors (Lipinski definition) is 4. The minimum Gasteiger partial charge on any atom is -0.373 e. The first-order valence-electron chi connectivity index (χ1n) is 8.08. The van der Waals surface area contributed by atoms with Crippen LogP contribution in [0.25, 0.3) is 0 Å². The largest absolute Gasteiger partial charge is 0.373 e. The lowest BCUT2D eigenvalue weighted by molar-refractivity contribution is -0.249. The lowest BCUT2D eigenvalue weighted by Gasteiger charge is -2.36. The second kappa shape index (κ2) is 8.61. The number of unbranched alkanes of at least 4 members (excludes halogenated alkanes) is 2. The molecule has 1 saturated heterocycles. The molecule has 0 amide bonds. The molecule has 20 heavy (non-hydrogen) atoms. The lowest BCUT2D eigenvalue weighted by atomic mass is 9.82. The van der Waals surface area contributed by atoms with Gasteiger partial charge in [-0.25, -0.2) is 0 Å². The van der Waals surface area contributed by atoms with Crippen LogP contribution >= 0.6 is 0 Å². The molecule has 1 heterocycles. The molecule has 0 aromatic rings. The second-order valence-corrected chi connectivity index (χ2v) is 5.98. The Hall–Kier alpha value is -0.630. The summed E-state index contributed by atoms with van der Waals surface area (Å²) in [5.74, 6) is 0.699. The Bertz CT molecular complexity index is 299. The average molecular weight is 281 g/mol. The molecule has 0 bridgehead atoms. The third-order valence-corrected chi connectivity index (χ3v) is 4.33. The molecule has 114 valence electrons. The summed E-state index contributed by atoms with van der Waals surface area (Å²) in [6.45, 7) is 4.30. The van der Waals surface area contributed by atoms with Gasteiger partial charge in [0, 0.05) is 18.4 Å². The van der Waals surface area contributed by atoms with Gasteiger partial charge in [-0.15, -0.1) is 0 Å². The molecule has 0 N–H and O–H groups in total. The van der Waals surface area contributed by atoms with Gasteiger partial charge in [-0.3, -0.25) is 0 Å². The quantitative estimate of drug-likeness (QED) is 0.701. The first-order chi connectivity index (χ1) is 9.83. The number of nitrogens with zero attached hydrogens (tertiary/aromatic N) is 1. The third kappa shape index (κ3) is 4.73. The van der Waals surface area contributed by atoms with Crippen molar-refractivity contribution in [2.24, 2.45) is 11.8 Å². The van der Waals surface area contributed by atoms with Gasteiger partial charge in [0.2, 0.25) is 0 Å². The summed E-state index contributed by atoms with van der Waals surface area (Å²) in [5, 5.41) is 8.91. The fourth-order valence-electron chi connectivity index (χ4n) is 2.99. The molecular weight excluding hydrogens is 254 g/mol. The third-order valence-electron chi connectivity index (χ3n) is 4.33. The molecule has 0 aromatic heterocycles. The van der Waals surface area contributed by atoms with Crippen LogP contribution in [0.3, 0.4) is 0 Å². The van der Waals surface area contributed by atoms with Gasteiger partial charge in [0.15, 0.2) is 6.29 Å². The van der Waals surface area contributed by atoms with Gasteiger partial charge in [0.1, 0.15) is 6.10 Å².